The van der Waals surface area contributed by atoms with E-state index >= 15 is 0 Å². The summed E-state index contributed by atoms with van der Waals surface area (Å²) >= 11 is 0. The molecule has 0 aliphatic heterocycles. The van der Waals surface area contributed by atoms with Crippen molar-refractivity contribution in [2.75, 3.05) is 0 Å². The SMILES string of the molecule is O=CC(C=O)n1[nH]c(=O)[nH]c1=O. The lowest BCUT2D eigenvalue weighted by Gasteiger charge is -1.98. The van der Waals surface area contributed by atoms with Gasteiger partial charge in [0.1, 0.15) is 0 Å². The van der Waals surface area contributed by atoms with E-state index in [4.69, 9.17) is 0 Å². The molecule has 0 aromatic carbocycles. The maximum absolute atomic E-state index is 10.8. The predicted molar refractivity (Wildman–Crippen MR) is 36.8 cm³/mol. The van der Waals surface area contributed by atoms with Crippen LogP contribution in [-0.2, 0) is 9.59 Å². The largest absolute Gasteiger partial charge is 0.345 e. The van der Waals surface area contributed by atoms with E-state index in [0.717, 1.165) is 0 Å². The smallest absolute Gasteiger partial charge is 0.300 e. The maximum Gasteiger partial charge on any atom is 0.345 e. The fourth-order valence-corrected chi connectivity index (χ4v) is 0.709. The molecule has 0 amide bonds. The molecule has 0 bridgehead atoms. The fourth-order valence-electron chi connectivity index (χ4n) is 0.709. The molecule has 2 N–H and O–H groups in total. The van der Waals surface area contributed by atoms with Gasteiger partial charge in [0.25, 0.3) is 0 Å². The lowest BCUT2D eigenvalue weighted by Crippen LogP contribution is -2.25. The number of aromatic amines is 2. The molecule has 0 unspecified atom stereocenters. The Kier molecular flexibility index (Phi) is 2.04. The Morgan fingerprint density at radius 2 is 1.83 bits per heavy atom. The molecule has 1 aromatic rings. The van der Waals surface area contributed by atoms with Crippen LogP contribution in [0.5, 0.6) is 0 Å². The van der Waals surface area contributed by atoms with Gasteiger partial charge in [-0.25, -0.2) is 19.4 Å². The number of carbonyl (C=O) groups is 2. The standard InChI is InChI=1S/C5H5N3O4/c9-1-3(2-10)8-5(12)6-4(11)7-8/h1-3H,(H2,6,7,11,12). The zero-order valence-corrected chi connectivity index (χ0v) is 5.81. The summed E-state index contributed by atoms with van der Waals surface area (Å²) in [4.78, 5) is 43.4. The van der Waals surface area contributed by atoms with Crippen LogP contribution in [0.4, 0.5) is 0 Å². The van der Waals surface area contributed by atoms with Crippen LogP contribution in [0.2, 0.25) is 0 Å². The zero-order valence-electron chi connectivity index (χ0n) is 5.81. The van der Waals surface area contributed by atoms with Gasteiger partial charge in [-0.1, -0.05) is 0 Å². The van der Waals surface area contributed by atoms with Crippen LogP contribution in [-0.4, -0.2) is 27.3 Å². The van der Waals surface area contributed by atoms with E-state index in [2.05, 4.69) is 0 Å². The molecule has 0 radical (unpaired) electrons. The van der Waals surface area contributed by atoms with E-state index in [1.807, 2.05) is 10.1 Å². The Labute approximate surface area is 65.0 Å². The van der Waals surface area contributed by atoms with Gasteiger partial charge in [0, 0.05) is 0 Å². The average Bonchev–Trinajstić information content (AvgIpc) is 2.34. The molecule has 64 valence electrons. The van der Waals surface area contributed by atoms with Crippen LogP contribution in [0.1, 0.15) is 6.04 Å². The van der Waals surface area contributed by atoms with Crippen LogP contribution < -0.4 is 11.4 Å². The van der Waals surface area contributed by atoms with Crippen LogP contribution >= 0.6 is 0 Å². The minimum absolute atomic E-state index is 0.248. The second kappa shape index (κ2) is 2.99. The summed E-state index contributed by atoms with van der Waals surface area (Å²) in [7, 11) is 0. The summed E-state index contributed by atoms with van der Waals surface area (Å²) in [5.74, 6) is 0. The van der Waals surface area contributed by atoms with Crippen LogP contribution in [0, 0.1) is 0 Å². The molecule has 1 aromatic heterocycles. The second-order valence-electron chi connectivity index (χ2n) is 2.00. The third-order valence-corrected chi connectivity index (χ3v) is 1.24. The summed E-state index contributed by atoms with van der Waals surface area (Å²) in [6.45, 7) is 0. The van der Waals surface area contributed by atoms with Crippen molar-refractivity contribution in [3.63, 3.8) is 0 Å². The van der Waals surface area contributed by atoms with Crippen molar-refractivity contribution in [3.8, 4) is 0 Å². The highest BCUT2D eigenvalue weighted by Crippen LogP contribution is 1.87. The summed E-state index contributed by atoms with van der Waals surface area (Å²) in [6, 6.07) is -1.27. The van der Waals surface area contributed by atoms with Gasteiger partial charge in [0.2, 0.25) is 0 Å². The van der Waals surface area contributed by atoms with Gasteiger partial charge >= 0.3 is 11.4 Å². The highest BCUT2D eigenvalue weighted by Gasteiger charge is 2.11. The topological polar surface area (TPSA) is 105 Å². The second-order valence-corrected chi connectivity index (χ2v) is 2.00. The number of carbonyl (C=O) groups excluding carboxylic acids is 2. The van der Waals surface area contributed by atoms with Crippen molar-refractivity contribution < 1.29 is 9.59 Å². The van der Waals surface area contributed by atoms with Gasteiger partial charge < -0.3 is 9.59 Å². The summed E-state index contributed by atoms with van der Waals surface area (Å²) in [5.41, 5.74) is -1.57. The number of nitrogens with zero attached hydrogens (tertiary/aromatic N) is 1. The first-order valence-electron chi connectivity index (χ1n) is 3.00. The lowest BCUT2D eigenvalue weighted by atomic mass is 10.4. The summed E-state index contributed by atoms with van der Waals surface area (Å²) < 4.78 is 0.613. The van der Waals surface area contributed by atoms with Crippen LogP contribution in [0.3, 0.4) is 0 Å². The Morgan fingerprint density at radius 1 is 1.25 bits per heavy atom. The van der Waals surface area contributed by atoms with Gasteiger partial charge in [-0.2, -0.15) is 0 Å². The molecule has 0 spiro atoms. The van der Waals surface area contributed by atoms with E-state index in [9.17, 15) is 19.2 Å². The first-order chi connectivity index (χ1) is 5.69. The number of nitrogens with one attached hydrogen (secondary N) is 2. The van der Waals surface area contributed by atoms with Gasteiger partial charge in [-0.3, -0.25) is 4.98 Å². The molecule has 1 rings (SSSR count). The molecule has 0 aliphatic rings. The Balaban J connectivity index is 3.25. The van der Waals surface area contributed by atoms with Gasteiger partial charge in [0.15, 0.2) is 18.6 Å². The Bertz CT molecular complexity index is 389. The summed E-state index contributed by atoms with van der Waals surface area (Å²) in [5, 5.41) is 1.98. The minimum Gasteiger partial charge on any atom is -0.300 e. The third kappa shape index (κ3) is 1.24. The van der Waals surface area contributed by atoms with Gasteiger partial charge in [-0.05, 0) is 0 Å². The lowest BCUT2D eigenvalue weighted by molar-refractivity contribution is -0.118. The number of H-pyrrole nitrogens is 2. The highest BCUT2D eigenvalue weighted by molar-refractivity contribution is 5.79. The molecule has 7 nitrogen and oxygen atoms in total. The molecule has 1 heterocycles. The number of hydrogen-bond acceptors (Lipinski definition) is 4. The average molecular weight is 171 g/mol. The molecule has 0 saturated heterocycles. The monoisotopic (exact) mass is 171 g/mol. The third-order valence-electron chi connectivity index (χ3n) is 1.24. The van der Waals surface area contributed by atoms with Crippen LogP contribution in [0.25, 0.3) is 0 Å². The maximum atomic E-state index is 10.8. The van der Waals surface area contributed by atoms with Crippen molar-refractivity contribution in [1.82, 2.24) is 14.8 Å². The number of aldehydes is 2. The Hall–Kier alpha value is -1.92. The minimum atomic E-state index is -1.27. The first-order valence-corrected chi connectivity index (χ1v) is 3.00. The van der Waals surface area contributed by atoms with E-state index < -0.39 is 17.4 Å². The molecule has 12 heavy (non-hydrogen) atoms. The molecule has 0 aliphatic carbocycles. The van der Waals surface area contributed by atoms with Crippen molar-refractivity contribution in [1.29, 1.82) is 0 Å². The van der Waals surface area contributed by atoms with Crippen molar-refractivity contribution in [2.24, 2.45) is 0 Å². The van der Waals surface area contributed by atoms with Crippen molar-refractivity contribution >= 4 is 12.6 Å². The molecular weight excluding hydrogens is 166 g/mol. The molecular formula is C5H5N3O4. The Morgan fingerprint density at radius 3 is 2.17 bits per heavy atom. The fraction of sp³-hybridized carbons (Fsp3) is 0.200. The summed E-state index contributed by atoms with van der Waals surface area (Å²) in [6.07, 6.45) is 0.496. The number of rotatable bonds is 3. The van der Waals surface area contributed by atoms with Crippen LogP contribution in [0.15, 0.2) is 9.59 Å². The number of hydrogen-bond donors (Lipinski definition) is 2. The zero-order chi connectivity index (χ0) is 9.14. The highest BCUT2D eigenvalue weighted by atomic mass is 16.2. The molecule has 0 saturated carbocycles. The number of aromatic nitrogens is 3. The predicted octanol–water partition coefficient (Wildman–Crippen LogP) is -2.20. The van der Waals surface area contributed by atoms with Gasteiger partial charge in [-0.15, -0.1) is 0 Å². The van der Waals surface area contributed by atoms with Gasteiger partial charge in [0.05, 0.1) is 0 Å². The van der Waals surface area contributed by atoms with E-state index in [1.165, 1.54) is 0 Å². The molecule has 7 heteroatoms. The first kappa shape index (κ1) is 8.18. The quantitative estimate of drug-likeness (QED) is 0.397. The van der Waals surface area contributed by atoms with E-state index in [1.54, 1.807) is 0 Å². The normalized spacial score (nSPS) is 10.1. The van der Waals surface area contributed by atoms with Crippen molar-refractivity contribution in [3.05, 3.63) is 21.0 Å². The van der Waals surface area contributed by atoms with E-state index in [0.29, 0.717) is 4.68 Å². The van der Waals surface area contributed by atoms with Crippen molar-refractivity contribution in [2.45, 2.75) is 6.04 Å². The van der Waals surface area contributed by atoms with E-state index in [-0.39, 0.29) is 12.6 Å². The molecule has 0 fully saturated rings. The molecule has 0 atom stereocenters.